The zero-order valence-electron chi connectivity index (χ0n) is 12.6. The maximum Gasteiger partial charge on any atom is 0.336 e. The maximum atomic E-state index is 11.0. The molecule has 0 saturated heterocycles. The summed E-state index contributed by atoms with van der Waals surface area (Å²) >= 11 is 3.31. The Labute approximate surface area is 133 Å². The first-order valence-corrected chi connectivity index (χ1v) is 8.24. The zero-order chi connectivity index (χ0) is 15.4. The Morgan fingerprint density at radius 3 is 2.57 bits per heavy atom. The van der Waals surface area contributed by atoms with Crippen molar-refractivity contribution < 1.29 is 14.6 Å². The van der Waals surface area contributed by atoms with Gasteiger partial charge in [0.1, 0.15) is 11.9 Å². The van der Waals surface area contributed by atoms with Crippen molar-refractivity contribution in [1.29, 1.82) is 0 Å². The number of carboxylic acids is 1. The molecule has 114 valence electrons. The van der Waals surface area contributed by atoms with E-state index in [1.807, 2.05) is 0 Å². The number of halogens is 1. The summed E-state index contributed by atoms with van der Waals surface area (Å²) in [6.07, 6.45) is 3.82. The molecule has 0 aromatic heterocycles. The van der Waals surface area contributed by atoms with Crippen LogP contribution in [0.15, 0.2) is 22.7 Å². The van der Waals surface area contributed by atoms with E-state index in [0.717, 1.165) is 18.1 Å². The molecule has 3 nitrogen and oxygen atoms in total. The summed E-state index contributed by atoms with van der Waals surface area (Å²) < 4.78 is 6.81. The number of carbonyl (C=O) groups is 1. The molecule has 2 aliphatic carbocycles. The van der Waals surface area contributed by atoms with Crippen LogP contribution in [0.2, 0.25) is 0 Å². The van der Waals surface area contributed by atoms with E-state index >= 15 is 0 Å². The molecule has 2 aliphatic rings. The molecule has 4 heteroatoms. The van der Waals surface area contributed by atoms with Crippen LogP contribution < -0.4 is 4.74 Å². The fraction of sp³-hybridized carbons (Fsp3) is 0.588. The van der Waals surface area contributed by atoms with Gasteiger partial charge in [0.15, 0.2) is 0 Å². The van der Waals surface area contributed by atoms with Crippen molar-refractivity contribution in [1.82, 2.24) is 0 Å². The maximum absolute atomic E-state index is 11.0. The molecular formula is C17H21BrO3. The van der Waals surface area contributed by atoms with E-state index in [4.69, 9.17) is 9.84 Å². The van der Waals surface area contributed by atoms with Gasteiger partial charge in [-0.15, -0.1) is 0 Å². The number of fused-ring (bicyclic) bond motifs is 2. The van der Waals surface area contributed by atoms with Gasteiger partial charge in [-0.1, -0.05) is 20.8 Å². The Morgan fingerprint density at radius 2 is 2.10 bits per heavy atom. The van der Waals surface area contributed by atoms with E-state index in [1.165, 1.54) is 12.8 Å². The number of rotatable bonds is 3. The molecule has 3 rings (SSSR count). The van der Waals surface area contributed by atoms with E-state index in [9.17, 15) is 4.79 Å². The molecule has 1 N–H and O–H groups in total. The van der Waals surface area contributed by atoms with Crippen LogP contribution in [0.3, 0.4) is 0 Å². The van der Waals surface area contributed by atoms with E-state index in [2.05, 4.69) is 36.7 Å². The lowest BCUT2D eigenvalue weighted by molar-refractivity contribution is 0.0301. The zero-order valence-corrected chi connectivity index (χ0v) is 14.2. The largest absolute Gasteiger partial charge is 0.490 e. The number of hydrogen-bond donors (Lipinski definition) is 1. The van der Waals surface area contributed by atoms with Crippen LogP contribution in [0, 0.1) is 16.7 Å². The second kappa shape index (κ2) is 4.73. The topological polar surface area (TPSA) is 46.5 Å². The lowest BCUT2D eigenvalue weighted by Crippen LogP contribution is -2.38. The predicted molar refractivity (Wildman–Crippen MR) is 84.7 cm³/mol. The van der Waals surface area contributed by atoms with E-state index in [-0.39, 0.29) is 17.1 Å². The SMILES string of the molecule is CC1(C)C2CCC1(C)C(Oc1ccc(C(=O)O)c(Br)c1)C2. The molecule has 0 heterocycles. The van der Waals surface area contributed by atoms with Crippen LogP contribution >= 0.6 is 15.9 Å². The minimum absolute atomic E-state index is 0.204. The Balaban J connectivity index is 1.83. The van der Waals surface area contributed by atoms with Gasteiger partial charge in [-0.2, -0.15) is 0 Å². The van der Waals surface area contributed by atoms with Gasteiger partial charge in [0, 0.05) is 9.89 Å². The highest BCUT2D eigenvalue weighted by atomic mass is 79.9. The van der Waals surface area contributed by atoms with Crippen molar-refractivity contribution >= 4 is 21.9 Å². The van der Waals surface area contributed by atoms with Crippen molar-refractivity contribution in [3.63, 3.8) is 0 Å². The van der Waals surface area contributed by atoms with Gasteiger partial charge in [-0.05, 0) is 64.7 Å². The second-order valence-electron chi connectivity index (χ2n) is 7.16. The van der Waals surface area contributed by atoms with Crippen LogP contribution in [0.5, 0.6) is 5.75 Å². The first kappa shape index (κ1) is 14.9. The fourth-order valence-electron chi connectivity index (χ4n) is 4.22. The summed E-state index contributed by atoms with van der Waals surface area (Å²) in [6, 6.07) is 5.13. The van der Waals surface area contributed by atoms with Gasteiger partial charge < -0.3 is 9.84 Å². The van der Waals surface area contributed by atoms with Gasteiger partial charge in [0.2, 0.25) is 0 Å². The number of hydrogen-bond acceptors (Lipinski definition) is 2. The monoisotopic (exact) mass is 352 g/mol. The van der Waals surface area contributed by atoms with Crippen LogP contribution in [0.4, 0.5) is 0 Å². The number of ether oxygens (including phenoxy) is 1. The minimum atomic E-state index is -0.929. The minimum Gasteiger partial charge on any atom is -0.490 e. The number of aromatic carboxylic acids is 1. The van der Waals surface area contributed by atoms with Gasteiger partial charge >= 0.3 is 5.97 Å². The number of carboxylic acid groups (broad SMARTS) is 1. The molecule has 0 spiro atoms. The normalized spacial score (nSPS) is 33.1. The van der Waals surface area contributed by atoms with Gasteiger partial charge in [0.25, 0.3) is 0 Å². The molecule has 0 aliphatic heterocycles. The predicted octanol–water partition coefficient (Wildman–Crippen LogP) is 4.74. The van der Waals surface area contributed by atoms with Gasteiger partial charge in [-0.25, -0.2) is 4.79 Å². The molecule has 2 saturated carbocycles. The van der Waals surface area contributed by atoms with Crippen LogP contribution in [-0.4, -0.2) is 17.2 Å². The van der Waals surface area contributed by atoms with Gasteiger partial charge in [-0.3, -0.25) is 0 Å². The third kappa shape index (κ3) is 2.10. The second-order valence-corrected chi connectivity index (χ2v) is 8.02. The lowest BCUT2D eigenvalue weighted by Gasteiger charge is -2.38. The standard InChI is InChI=1S/C17H21BrO3/c1-16(2)10-6-7-17(16,3)14(8-10)21-11-4-5-12(15(19)20)13(18)9-11/h4-5,9-10,14H,6-8H2,1-3H3,(H,19,20). The summed E-state index contributed by atoms with van der Waals surface area (Å²) in [7, 11) is 0. The Morgan fingerprint density at radius 1 is 1.38 bits per heavy atom. The molecule has 2 bridgehead atoms. The molecule has 1 aromatic carbocycles. The van der Waals surface area contributed by atoms with Crippen molar-refractivity contribution in [2.45, 2.75) is 46.1 Å². The molecule has 2 fully saturated rings. The van der Waals surface area contributed by atoms with E-state index < -0.39 is 5.97 Å². The summed E-state index contributed by atoms with van der Waals surface area (Å²) in [6.45, 7) is 7.06. The highest BCUT2D eigenvalue weighted by molar-refractivity contribution is 9.10. The third-order valence-electron chi connectivity index (χ3n) is 6.16. The quantitative estimate of drug-likeness (QED) is 0.854. The summed E-state index contributed by atoms with van der Waals surface area (Å²) in [5.41, 5.74) is 0.785. The van der Waals surface area contributed by atoms with Crippen LogP contribution in [0.1, 0.15) is 50.4 Å². The molecule has 21 heavy (non-hydrogen) atoms. The van der Waals surface area contributed by atoms with Gasteiger partial charge in [0.05, 0.1) is 5.56 Å². The average molecular weight is 353 g/mol. The van der Waals surface area contributed by atoms with Crippen molar-refractivity contribution in [2.75, 3.05) is 0 Å². The highest BCUT2D eigenvalue weighted by Crippen LogP contribution is 2.66. The molecule has 1 aromatic rings. The lowest BCUT2D eigenvalue weighted by atomic mass is 9.70. The Bertz CT molecular complexity index is 596. The summed E-state index contributed by atoms with van der Waals surface area (Å²) in [5.74, 6) is 0.553. The Kier molecular flexibility index (Phi) is 3.36. The van der Waals surface area contributed by atoms with E-state index in [1.54, 1.807) is 18.2 Å². The molecule has 3 unspecified atom stereocenters. The fourth-order valence-corrected chi connectivity index (χ4v) is 4.74. The summed E-state index contributed by atoms with van der Waals surface area (Å²) in [4.78, 5) is 11.0. The smallest absolute Gasteiger partial charge is 0.336 e. The first-order chi connectivity index (χ1) is 9.75. The first-order valence-electron chi connectivity index (χ1n) is 7.45. The molecule has 3 atom stereocenters. The van der Waals surface area contributed by atoms with Crippen LogP contribution in [-0.2, 0) is 0 Å². The highest BCUT2D eigenvalue weighted by Gasteiger charge is 2.62. The Hall–Kier alpha value is -1.03. The van der Waals surface area contributed by atoms with Crippen LogP contribution in [0.25, 0.3) is 0 Å². The van der Waals surface area contributed by atoms with Crippen molar-refractivity contribution in [3.05, 3.63) is 28.2 Å². The molecule has 0 radical (unpaired) electrons. The van der Waals surface area contributed by atoms with E-state index in [0.29, 0.717) is 9.89 Å². The third-order valence-corrected chi connectivity index (χ3v) is 6.82. The van der Waals surface area contributed by atoms with Crippen molar-refractivity contribution in [3.8, 4) is 5.75 Å². The average Bonchev–Trinajstić information content (AvgIpc) is 2.71. The van der Waals surface area contributed by atoms with Crippen molar-refractivity contribution in [2.24, 2.45) is 16.7 Å². The number of benzene rings is 1. The molecular weight excluding hydrogens is 332 g/mol. The summed E-state index contributed by atoms with van der Waals surface area (Å²) in [5, 5.41) is 9.07. The molecule has 0 amide bonds.